The molecule has 0 heterocycles. The second kappa shape index (κ2) is 5.66. The van der Waals surface area contributed by atoms with Crippen LogP contribution in [0.5, 0.6) is 0 Å². The SMILES string of the molecule is CC(C)(O)CCC(=O)OCc1ccccc1. The summed E-state index contributed by atoms with van der Waals surface area (Å²) >= 11 is 0. The zero-order chi connectivity index (χ0) is 12.0. The molecule has 0 atom stereocenters. The minimum Gasteiger partial charge on any atom is -0.461 e. The molecule has 1 aromatic carbocycles. The molecule has 0 radical (unpaired) electrons. The summed E-state index contributed by atoms with van der Waals surface area (Å²) in [5.41, 5.74) is 0.158. The van der Waals surface area contributed by atoms with Crippen LogP contribution in [0.4, 0.5) is 0 Å². The van der Waals surface area contributed by atoms with Gasteiger partial charge in [-0.15, -0.1) is 0 Å². The number of hydrogen-bond acceptors (Lipinski definition) is 3. The van der Waals surface area contributed by atoms with Crippen LogP contribution in [-0.2, 0) is 16.1 Å². The van der Waals surface area contributed by atoms with E-state index in [1.807, 2.05) is 30.3 Å². The Bertz CT molecular complexity index is 325. The summed E-state index contributed by atoms with van der Waals surface area (Å²) in [6.07, 6.45) is 0.664. The molecule has 1 rings (SSSR count). The summed E-state index contributed by atoms with van der Waals surface area (Å²) in [7, 11) is 0. The molecule has 16 heavy (non-hydrogen) atoms. The van der Waals surface area contributed by atoms with Crippen molar-refractivity contribution in [1.29, 1.82) is 0 Å². The third kappa shape index (κ3) is 5.51. The number of hydrogen-bond donors (Lipinski definition) is 1. The minimum absolute atomic E-state index is 0.246. The van der Waals surface area contributed by atoms with Gasteiger partial charge in [-0.2, -0.15) is 0 Å². The van der Waals surface area contributed by atoms with Gasteiger partial charge in [0, 0.05) is 6.42 Å². The van der Waals surface area contributed by atoms with Crippen LogP contribution < -0.4 is 0 Å². The van der Waals surface area contributed by atoms with Crippen molar-refractivity contribution >= 4 is 5.97 Å². The van der Waals surface area contributed by atoms with Crippen LogP contribution in [-0.4, -0.2) is 16.7 Å². The average molecular weight is 222 g/mol. The highest BCUT2D eigenvalue weighted by atomic mass is 16.5. The lowest BCUT2D eigenvalue weighted by Crippen LogP contribution is -2.20. The van der Waals surface area contributed by atoms with Gasteiger partial charge >= 0.3 is 5.97 Å². The highest BCUT2D eigenvalue weighted by Gasteiger charge is 2.15. The maximum absolute atomic E-state index is 11.3. The normalized spacial score (nSPS) is 11.2. The number of carbonyl (C=O) groups excluding carboxylic acids is 1. The molecule has 0 aliphatic heterocycles. The molecule has 0 aliphatic rings. The third-order valence-electron chi connectivity index (χ3n) is 2.18. The van der Waals surface area contributed by atoms with E-state index in [0.717, 1.165) is 5.56 Å². The molecule has 0 bridgehead atoms. The first-order valence-corrected chi connectivity index (χ1v) is 5.39. The van der Waals surface area contributed by atoms with Gasteiger partial charge in [0.25, 0.3) is 0 Å². The zero-order valence-corrected chi connectivity index (χ0v) is 9.77. The quantitative estimate of drug-likeness (QED) is 0.777. The van der Waals surface area contributed by atoms with E-state index in [1.54, 1.807) is 13.8 Å². The van der Waals surface area contributed by atoms with Crippen molar-refractivity contribution in [3.8, 4) is 0 Å². The van der Waals surface area contributed by atoms with Crippen LogP contribution in [0, 0.1) is 0 Å². The Kier molecular flexibility index (Phi) is 4.50. The summed E-state index contributed by atoms with van der Waals surface area (Å²) in [5.74, 6) is -0.272. The second-order valence-electron chi connectivity index (χ2n) is 4.46. The van der Waals surface area contributed by atoms with Crippen LogP contribution in [0.15, 0.2) is 30.3 Å². The topological polar surface area (TPSA) is 46.5 Å². The van der Waals surface area contributed by atoms with Crippen molar-refractivity contribution in [2.24, 2.45) is 0 Å². The van der Waals surface area contributed by atoms with E-state index in [1.165, 1.54) is 0 Å². The number of aliphatic hydroxyl groups is 1. The van der Waals surface area contributed by atoms with Crippen molar-refractivity contribution in [2.45, 2.75) is 38.9 Å². The van der Waals surface area contributed by atoms with Crippen molar-refractivity contribution in [3.05, 3.63) is 35.9 Å². The maximum atomic E-state index is 11.3. The fourth-order valence-electron chi connectivity index (χ4n) is 1.22. The lowest BCUT2D eigenvalue weighted by Gasteiger charge is -2.15. The first kappa shape index (κ1) is 12.7. The molecule has 0 aliphatic carbocycles. The molecule has 0 aromatic heterocycles. The third-order valence-corrected chi connectivity index (χ3v) is 2.18. The Labute approximate surface area is 96.1 Å². The molecule has 0 saturated heterocycles. The van der Waals surface area contributed by atoms with Gasteiger partial charge in [0.2, 0.25) is 0 Å². The Balaban J connectivity index is 2.26. The summed E-state index contributed by atoms with van der Waals surface area (Å²) in [5, 5.41) is 9.44. The van der Waals surface area contributed by atoms with E-state index in [4.69, 9.17) is 4.74 Å². The van der Waals surface area contributed by atoms with Gasteiger partial charge in [0.05, 0.1) is 5.60 Å². The zero-order valence-electron chi connectivity index (χ0n) is 9.77. The standard InChI is InChI=1S/C13H18O3/c1-13(2,15)9-8-12(14)16-10-11-6-4-3-5-7-11/h3-7,15H,8-10H2,1-2H3. The Morgan fingerprint density at radius 3 is 2.50 bits per heavy atom. The largest absolute Gasteiger partial charge is 0.461 e. The maximum Gasteiger partial charge on any atom is 0.306 e. The molecule has 1 aromatic rings. The van der Waals surface area contributed by atoms with E-state index >= 15 is 0 Å². The Hall–Kier alpha value is -1.35. The van der Waals surface area contributed by atoms with Crippen LogP contribution in [0.25, 0.3) is 0 Å². The molecule has 1 N–H and O–H groups in total. The minimum atomic E-state index is -0.814. The lowest BCUT2D eigenvalue weighted by atomic mass is 10.0. The van der Waals surface area contributed by atoms with E-state index in [9.17, 15) is 9.90 Å². The van der Waals surface area contributed by atoms with Gasteiger partial charge in [-0.3, -0.25) is 4.79 Å². The molecule has 0 amide bonds. The summed E-state index contributed by atoms with van der Waals surface area (Å²) in [4.78, 5) is 11.3. The van der Waals surface area contributed by atoms with E-state index in [-0.39, 0.29) is 12.4 Å². The summed E-state index contributed by atoms with van der Waals surface area (Å²) in [6, 6.07) is 9.53. The molecule has 0 spiro atoms. The lowest BCUT2D eigenvalue weighted by molar-refractivity contribution is -0.146. The van der Waals surface area contributed by atoms with Crippen LogP contribution in [0.2, 0.25) is 0 Å². The van der Waals surface area contributed by atoms with Crippen LogP contribution in [0.3, 0.4) is 0 Å². The van der Waals surface area contributed by atoms with E-state index in [0.29, 0.717) is 13.0 Å². The van der Waals surface area contributed by atoms with Crippen LogP contribution in [0.1, 0.15) is 32.3 Å². The first-order valence-electron chi connectivity index (χ1n) is 5.39. The molecule has 3 nitrogen and oxygen atoms in total. The molecule has 0 saturated carbocycles. The van der Waals surface area contributed by atoms with Crippen molar-refractivity contribution in [2.75, 3.05) is 0 Å². The van der Waals surface area contributed by atoms with Gasteiger partial charge in [0.1, 0.15) is 6.61 Å². The van der Waals surface area contributed by atoms with Crippen molar-refractivity contribution in [1.82, 2.24) is 0 Å². The monoisotopic (exact) mass is 222 g/mol. The molecule has 3 heteroatoms. The average Bonchev–Trinajstić information content (AvgIpc) is 2.24. The fraction of sp³-hybridized carbons (Fsp3) is 0.462. The van der Waals surface area contributed by atoms with E-state index in [2.05, 4.69) is 0 Å². The van der Waals surface area contributed by atoms with Gasteiger partial charge in [-0.25, -0.2) is 0 Å². The molecule has 0 unspecified atom stereocenters. The predicted octanol–water partition coefficient (Wildman–Crippen LogP) is 2.28. The van der Waals surface area contributed by atoms with Gasteiger partial charge in [0.15, 0.2) is 0 Å². The Morgan fingerprint density at radius 2 is 1.94 bits per heavy atom. The predicted molar refractivity (Wildman–Crippen MR) is 61.8 cm³/mol. The van der Waals surface area contributed by atoms with Gasteiger partial charge in [-0.05, 0) is 25.8 Å². The molecule has 88 valence electrons. The van der Waals surface area contributed by atoms with Gasteiger partial charge < -0.3 is 9.84 Å². The number of esters is 1. The number of benzene rings is 1. The second-order valence-corrected chi connectivity index (χ2v) is 4.46. The van der Waals surface area contributed by atoms with Crippen LogP contribution >= 0.6 is 0 Å². The van der Waals surface area contributed by atoms with Crippen molar-refractivity contribution in [3.63, 3.8) is 0 Å². The van der Waals surface area contributed by atoms with Gasteiger partial charge in [-0.1, -0.05) is 30.3 Å². The van der Waals surface area contributed by atoms with Crippen molar-refractivity contribution < 1.29 is 14.6 Å². The molecular weight excluding hydrogens is 204 g/mol. The number of rotatable bonds is 5. The smallest absolute Gasteiger partial charge is 0.306 e. The first-order chi connectivity index (χ1) is 7.47. The highest BCUT2D eigenvalue weighted by Crippen LogP contribution is 2.11. The number of carbonyl (C=O) groups is 1. The fourth-order valence-corrected chi connectivity index (χ4v) is 1.22. The summed E-state index contributed by atoms with van der Waals surface area (Å²) in [6.45, 7) is 3.65. The molecule has 0 fully saturated rings. The Morgan fingerprint density at radius 1 is 1.31 bits per heavy atom. The highest BCUT2D eigenvalue weighted by molar-refractivity contribution is 5.69. The summed E-state index contributed by atoms with van der Waals surface area (Å²) < 4.78 is 5.07. The van der Waals surface area contributed by atoms with E-state index < -0.39 is 5.60 Å². The number of ether oxygens (including phenoxy) is 1. The molecular formula is C13H18O3.